The lowest BCUT2D eigenvalue weighted by Crippen LogP contribution is -2.31. The van der Waals surface area contributed by atoms with E-state index >= 15 is 0 Å². The molecule has 2 aliphatic rings. The Hall–Kier alpha value is -2.42. The molecule has 3 nitrogen and oxygen atoms in total. The number of para-hydroxylation sites is 1. The Morgan fingerprint density at radius 1 is 1.04 bits per heavy atom. The van der Waals surface area contributed by atoms with Crippen molar-refractivity contribution >= 4 is 0 Å². The van der Waals surface area contributed by atoms with Crippen LogP contribution in [0.25, 0.3) is 11.1 Å². The van der Waals surface area contributed by atoms with Gasteiger partial charge in [-0.1, -0.05) is 42.5 Å². The number of nitrogens with one attached hydrogen (secondary N) is 1. The molecule has 2 aromatic rings. The second kappa shape index (κ2) is 5.99. The van der Waals surface area contributed by atoms with Crippen LogP contribution in [0.5, 0.6) is 5.75 Å². The summed E-state index contributed by atoms with van der Waals surface area (Å²) >= 11 is 0. The SMILES string of the molecule is COc1ccccc1-c1ccccc1C1CCCC2=CNCN21. The van der Waals surface area contributed by atoms with Gasteiger partial charge in [0, 0.05) is 17.5 Å². The maximum atomic E-state index is 5.59. The van der Waals surface area contributed by atoms with E-state index in [1.54, 1.807) is 7.11 Å². The molecule has 0 radical (unpaired) electrons. The minimum absolute atomic E-state index is 0.436. The molecule has 4 rings (SSSR count). The molecule has 2 aromatic carbocycles. The third-order valence-corrected chi connectivity index (χ3v) is 4.90. The van der Waals surface area contributed by atoms with Crippen LogP contribution in [0.4, 0.5) is 0 Å². The highest BCUT2D eigenvalue weighted by molar-refractivity contribution is 5.74. The van der Waals surface area contributed by atoms with Crippen molar-refractivity contribution in [2.24, 2.45) is 0 Å². The first-order valence-corrected chi connectivity index (χ1v) is 8.30. The maximum absolute atomic E-state index is 5.59. The number of rotatable bonds is 3. The number of benzene rings is 2. The molecular weight excluding hydrogens is 284 g/mol. The molecule has 23 heavy (non-hydrogen) atoms. The minimum atomic E-state index is 0.436. The minimum Gasteiger partial charge on any atom is -0.496 e. The largest absolute Gasteiger partial charge is 0.496 e. The molecule has 1 N–H and O–H groups in total. The first-order valence-electron chi connectivity index (χ1n) is 8.30. The molecule has 1 saturated heterocycles. The van der Waals surface area contributed by atoms with E-state index in [4.69, 9.17) is 4.74 Å². The van der Waals surface area contributed by atoms with E-state index in [-0.39, 0.29) is 0 Å². The number of allylic oxidation sites excluding steroid dienone is 1. The Morgan fingerprint density at radius 2 is 1.83 bits per heavy atom. The molecule has 0 bridgehead atoms. The van der Waals surface area contributed by atoms with Crippen LogP contribution < -0.4 is 10.1 Å². The molecule has 0 saturated carbocycles. The summed E-state index contributed by atoms with van der Waals surface area (Å²) in [6.07, 6.45) is 5.80. The van der Waals surface area contributed by atoms with Gasteiger partial charge in [-0.05, 0) is 36.5 Å². The lowest BCUT2D eigenvalue weighted by molar-refractivity contribution is 0.215. The Morgan fingerprint density at radius 3 is 2.70 bits per heavy atom. The van der Waals surface area contributed by atoms with Crippen molar-refractivity contribution in [1.29, 1.82) is 0 Å². The van der Waals surface area contributed by atoms with Crippen LogP contribution in [0, 0.1) is 0 Å². The molecule has 0 aromatic heterocycles. The number of hydrogen-bond donors (Lipinski definition) is 1. The highest BCUT2D eigenvalue weighted by Crippen LogP contribution is 2.42. The molecule has 0 aliphatic carbocycles. The van der Waals surface area contributed by atoms with E-state index < -0.39 is 0 Å². The summed E-state index contributed by atoms with van der Waals surface area (Å²) < 4.78 is 5.59. The summed E-state index contributed by atoms with van der Waals surface area (Å²) in [4.78, 5) is 2.51. The number of nitrogens with zero attached hydrogens (tertiary/aromatic N) is 1. The van der Waals surface area contributed by atoms with Crippen molar-refractivity contribution in [2.75, 3.05) is 13.8 Å². The maximum Gasteiger partial charge on any atom is 0.126 e. The van der Waals surface area contributed by atoms with E-state index in [2.05, 4.69) is 52.8 Å². The van der Waals surface area contributed by atoms with Crippen molar-refractivity contribution in [1.82, 2.24) is 10.2 Å². The summed E-state index contributed by atoms with van der Waals surface area (Å²) in [5.74, 6) is 0.936. The molecule has 0 amide bonds. The van der Waals surface area contributed by atoms with Crippen molar-refractivity contribution in [3.8, 4) is 16.9 Å². The van der Waals surface area contributed by atoms with Crippen LogP contribution in [0.2, 0.25) is 0 Å². The normalized spacial score (nSPS) is 19.8. The first-order chi connectivity index (χ1) is 11.4. The smallest absolute Gasteiger partial charge is 0.126 e. The van der Waals surface area contributed by atoms with Gasteiger partial charge in [0.25, 0.3) is 0 Å². The molecule has 3 heteroatoms. The highest BCUT2D eigenvalue weighted by Gasteiger charge is 2.30. The predicted octanol–water partition coefficient (Wildman–Crippen LogP) is 4.29. The number of piperidine rings is 1. The summed E-state index contributed by atoms with van der Waals surface area (Å²) in [5.41, 5.74) is 5.29. The Kier molecular flexibility index (Phi) is 3.70. The molecular formula is C20H22N2O. The standard InChI is InChI=1S/C20H22N2O/c1-23-20-12-5-4-10-18(20)16-8-2-3-9-17(16)19-11-6-7-15-13-21-14-22(15)19/h2-5,8-10,12-13,19,21H,6-7,11,14H2,1H3. The topological polar surface area (TPSA) is 24.5 Å². The highest BCUT2D eigenvalue weighted by atomic mass is 16.5. The van der Waals surface area contributed by atoms with Crippen LogP contribution in [-0.4, -0.2) is 18.7 Å². The molecule has 118 valence electrons. The van der Waals surface area contributed by atoms with Crippen molar-refractivity contribution in [2.45, 2.75) is 25.3 Å². The summed E-state index contributed by atoms with van der Waals surface area (Å²) in [6, 6.07) is 17.5. The zero-order valence-electron chi connectivity index (χ0n) is 13.5. The van der Waals surface area contributed by atoms with Crippen molar-refractivity contribution in [3.05, 3.63) is 66.0 Å². The summed E-state index contributed by atoms with van der Waals surface area (Å²) in [6.45, 7) is 0.917. The molecule has 1 fully saturated rings. The van der Waals surface area contributed by atoms with Gasteiger partial charge < -0.3 is 15.0 Å². The molecule has 2 heterocycles. The monoisotopic (exact) mass is 306 g/mol. The van der Waals surface area contributed by atoms with Gasteiger partial charge in [0.2, 0.25) is 0 Å². The zero-order chi connectivity index (χ0) is 15.6. The Balaban J connectivity index is 1.80. The van der Waals surface area contributed by atoms with E-state index in [0.717, 1.165) is 12.4 Å². The predicted molar refractivity (Wildman–Crippen MR) is 92.9 cm³/mol. The third-order valence-electron chi connectivity index (χ3n) is 4.90. The van der Waals surface area contributed by atoms with Gasteiger partial charge in [-0.25, -0.2) is 0 Å². The molecule has 1 unspecified atom stereocenters. The van der Waals surface area contributed by atoms with E-state index in [0.29, 0.717) is 6.04 Å². The van der Waals surface area contributed by atoms with Gasteiger partial charge in [-0.15, -0.1) is 0 Å². The lowest BCUT2D eigenvalue weighted by atomic mass is 9.88. The summed E-state index contributed by atoms with van der Waals surface area (Å²) in [7, 11) is 1.74. The quantitative estimate of drug-likeness (QED) is 0.915. The Labute approximate surface area is 137 Å². The van der Waals surface area contributed by atoms with E-state index in [9.17, 15) is 0 Å². The lowest BCUT2D eigenvalue weighted by Gasteiger charge is -2.37. The van der Waals surface area contributed by atoms with Gasteiger partial charge in [0.1, 0.15) is 5.75 Å². The fourth-order valence-corrected chi connectivity index (χ4v) is 3.83. The van der Waals surface area contributed by atoms with Crippen molar-refractivity contribution in [3.63, 3.8) is 0 Å². The number of ether oxygens (including phenoxy) is 1. The average molecular weight is 306 g/mol. The Bertz CT molecular complexity index is 738. The van der Waals surface area contributed by atoms with Gasteiger partial charge in [0.15, 0.2) is 0 Å². The zero-order valence-corrected chi connectivity index (χ0v) is 13.5. The van der Waals surface area contributed by atoms with Gasteiger partial charge in [-0.2, -0.15) is 0 Å². The van der Waals surface area contributed by atoms with Crippen LogP contribution in [0.3, 0.4) is 0 Å². The van der Waals surface area contributed by atoms with Crippen LogP contribution >= 0.6 is 0 Å². The second-order valence-corrected chi connectivity index (χ2v) is 6.16. The third kappa shape index (κ3) is 2.46. The number of methoxy groups -OCH3 is 1. The van der Waals surface area contributed by atoms with E-state index in [1.807, 2.05) is 12.1 Å². The first kappa shape index (κ1) is 14.2. The van der Waals surface area contributed by atoms with Gasteiger partial charge in [-0.3, -0.25) is 0 Å². The van der Waals surface area contributed by atoms with E-state index in [1.165, 1.54) is 41.6 Å². The van der Waals surface area contributed by atoms with Crippen molar-refractivity contribution < 1.29 is 4.74 Å². The van der Waals surface area contributed by atoms with Crippen LogP contribution in [-0.2, 0) is 0 Å². The van der Waals surface area contributed by atoms with Gasteiger partial charge >= 0.3 is 0 Å². The number of fused-ring (bicyclic) bond motifs is 1. The summed E-state index contributed by atoms with van der Waals surface area (Å²) in [5, 5.41) is 3.38. The molecule has 1 atom stereocenters. The average Bonchev–Trinajstić information content (AvgIpc) is 3.10. The number of hydrogen-bond acceptors (Lipinski definition) is 3. The fraction of sp³-hybridized carbons (Fsp3) is 0.300. The molecule has 2 aliphatic heterocycles. The fourth-order valence-electron chi connectivity index (χ4n) is 3.83. The molecule has 0 spiro atoms. The van der Waals surface area contributed by atoms with Gasteiger partial charge in [0.05, 0.1) is 19.8 Å². The van der Waals surface area contributed by atoms with Crippen LogP contribution in [0.15, 0.2) is 60.4 Å². The second-order valence-electron chi connectivity index (χ2n) is 6.16. The van der Waals surface area contributed by atoms with Crippen LogP contribution in [0.1, 0.15) is 30.9 Å².